The van der Waals surface area contributed by atoms with Crippen LogP contribution in [0, 0.1) is 0 Å². The first-order valence-corrected chi connectivity index (χ1v) is 10.6. The summed E-state index contributed by atoms with van der Waals surface area (Å²) in [6.07, 6.45) is 1.64. The first kappa shape index (κ1) is 18.2. The van der Waals surface area contributed by atoms with Crippen molar-refractivity contribution in [3.8, 4) is 0 Å². The van der Waals surface area contributed by atoms with Crippen LogP contribution in [0.1, 0.15) is 18.4 Å². The van der Waals surface area contributed by atoms with Crippen molar-refractivity contribution >= 4 is 37.4 Å². The third-order valence-electron chi connectivity index (χ3n) is 3.52. The fourth-order valence-corrected chi connectivity index (χ4v) is 5.62. The number of sulfonamides is 1. The van der Waals surface area contributed by atoms with Gasteiger partial charge in [0, 0.05) is 17.8 Å². The van der Waals surface area contributed by atoms with E-state index in [2.05, 4.69) is 0 Å². The summed E-state index contributed by atoms with van der Waals surface area (Å²) in [7, 11) is -7.62. The van der Waals surface area contributed by atoms with Gasteiger partial charge in [-0.25, -0.2) is 16.8 Å². The van der Waals surface area contributed by atoms with Crippen LogP contribution in [-0.4, -0.2) is 51.1 Å². The zero-order chi connectivity index (χ0) is 17.4. The van der Waals surface area contributed by atoms with Crippen LogP contribution in [0.5, 0.6) is 0 Å². The Bertz CT molecular complexity index is 834. The molecule has 23 heavy (non-hydrogen) atoms. The maximum absolute atomic E-state index is 12.8. The molecule has 0 saturated carbocycles. The Labute approximate surface area is 139 Å². The number of halogens is 1. The Hall–Kier alpha value is -1.16. The Morgan fingerprint density at radius 3 is 2.57 bits per heavy atom. The molecule has 0 bridgehead atoms. The van der Waals surface area contributed by atoms with Crippen LogP contribution in [-0.2, 0) is 30.4 Å². The van der Waals surface area contributed by atoms with E-state index >= 15 is 0 Å². The molecule has 10 heteroatoms. The molecular formula is C13H16ClNO6S2. The van der Waals surface area contributed by atoms with E-state index in [9.17, 15) is 26.7 Å². The lowest BCUT2D eigenvalue weighted by Crippen LogP contribution is -2.40. The molecule has 0 radical (unpaired) electrons. The van der Waals surface area contributed by atoms with Crippen molar-refractivity contribution in [3.63, 3.8) is 0 Å². The number of hydrogen-bond acceptors (Lipinski definition) is 5. The highest BCUT2D eigenvalue weighted by molar-refractivity contribution is 7.90. The van der Waals surface area contributed by atoms with Crippen molar-refractivity contribution in [2.75, 3.05) is 12.8 Å². The average molecular weight is 382 g/mol. The number of carboxylic acids is 1. The highest BCUT2D eigenvalue weighted by Gasteiger charge is 2.40. The van der Waals surface area contributed by atoms with E-state index in [4.69, 9.17) is 11.6 Å². The molecule has 1 N–H and O–H groups in total. The number of hydrogen-bond donors (Lipinski definition) is 1. The van der Waals surface area contributed by atoms with Gasteiger partial charge in [0.2, 0.25) is 10.0 Å². The van der Waals surface area contributed by atoms with Gasteiger partial charge < -0.3 is 5.11 Å². The molecule has 1 aromatic rings. The predicted molar refractivity (Wildman–Crippen MR) is 84.5 cm³/mol. The summed E-state index contributed by atoms with van der Waals surface area (Å²) in [5, 5.41) is 9.31. The highest BCUT2D eigenvalue weighted by Crippen LogP contribution is 2.30. The Morgan fingerprint density at radius 1 is 1.35 bits per heavy atom. The van der Waals surface area contributed by atoms with Gasteiger partial charge >= 0.3 is 5.97 Å². The van der Waals surface area contributed by atoms with Crippen molar-refractivity contribution < 1.29 is 26.7 Å². The summed E-state index contributed by atoms with van der Waals surface area (Å²) in [6.45, 7) is 0.0735. The summed E-state index contributed by atoms with van der Waals surface area (Å²) in [5.74, 6) is -1.69. The zero-order valence-corrected chi connectivity index (χ0v) is 14.7. The van der Waals surface area contributed by atoms with Gasteiger partial charge in [-0.3, -0.25) is 4.79 Å². The van der Waals surface area contributed by atoms with Crippen molar-refractivity contribution in [3.05, 3.63) is 28.8 Å². The second-order valence-corrected chi connectivity index (χ2v) is 9.87. The van der Waals surface area contributed by atoms with Crippen LogP contribution in [0.2, 0.25) is 5.02 Å². The Morgan fingerprint density at radius 2 is 2.00 bits per heavy atom. The summed E-state index contributed by atoms with van der Waals surface area (Å²) < 4.78 is 49.6. The van der Waals surface area contributed by atoms with Gasteiger partial charge in [0.05, 0.1) is 10.6 Å². The van der Waals surface area contributed by atoms with E-state index in [1.54, 1.807) is 0 Å². The molecule has 128 valence electrons. The summed E-state index contributed by atoms with van der Waals surface area (Å²) >= 11 is 5.85. The molecule has 7 nitrogen and oxygen atoms in total. The van der Waals surface area contributed by atoms with Gasteiger partial charge in [0.25, 0.3) is 0 Å². The zero-order valence-electron chi connectivity index (χ0n) is 12.3. The van der Waals surface area contributed by atoms with Crippen molar-refractivity contribution in [2.45, 2.75) is 29.5 Å². The van der Waals surface area contributed by atoms with Gasteiger partial charge in [0.1, 0.15) is 6.04 Å². The quantitative estimate of drug-likeness (QED) is 0.818. The van der Waals surface area contributed by atoms with Gasteiger partial charge in [-0.2, -0.15) is 4.31 Å². The third-order valence-corrected chi connectivity index (χ3v) is 6.58. The van der Waals surface area contributed by atoms with Crippen LogP contribution in [0.3, 0.4) is 0 Å². The van der Waals surface area contributed by atoms with Crippen LogP contribution in [0.15, 0.2) is 23.1 Å². The molecule has 1 saturated heterocycles. The van der Waals surface area contributed by atoms with E-state index in [0.717, 1.165) is 16.6 Å². The van der Waals surface area contributed by atoms with Crippen LogP contribution >= 0.6 is 11.6 Å². The number of aliphatic carboxylic acids is 1. The van der Waals surface area contributed by atoms with E-state index in [0.29, 0.717) is 6.42 Å². The molecule has 0 unspecified atom stereocenters. The minimum atomic E-state index is -4.15. The number of carbonyl (C=O) groups is 1. The lowest BCUT2D eigenvalue weighted by atomic mass is 10.2. The van der Waals surface area contributed by atoms with Crippen LogP contribution in [0.4, 0.5) is 0 Å². The largest absolute Gasteiger partial charge is 0.480 e. The number of carboxylic acid groups (broad SMARTS) is 1. The van der Waals surface area contributed by atoms with Crippen LogP contribution in [0.25, 0.3) is 0 Å². The highest BCUT2D eigenvalue weighted by atomic mass is 35.5. The summed E-state index contributed by atoms with van der Waals surface area (Å²) in [6, 6.07) is 2.75. The fraction of sp³-hybridized carbons (Fsp3) is 0.462. The number of sulfone groups is 1. The standard InChI is InChI=1S/C13H16ClNO6S2/c1-22(18,19)8-9-4-5-10(14)7-12(9)23(20,21)15-6-2-3-11(15)13(16)17/h4-5,7,11H,2-3,6,8H2,1H3,(H,16,17)/t11-/m0/s1. The van der Waals surface area contributed by atoms with Crippen molar-refractivity contribution in [2.24, 2.45) is 0 Å². The molecular weight excluding hydrogens is 366 g/mol. The Balaban J connectivity index is 2.55. The molecule has 0 spiro atoms. The normalized spacial score (nSPS) is 19.8. The van der Waals surface area contributed by atoms with E-state index in [-0.39, 0.29) is 28.4 Å². The summed E-state index contributed by atoms with van der Waals surface area (Å²) in [4.78, 5) is 11.0. The molecule has 1 heterocycles. The maximum atomic E-state index is 12.8. The third kappa shape index (κ3) is 4.03. The molecule has 0 aliphatic carbocycles. The van der Waals surface area contributed by atoms with Gasteiger partial charge in [0.15, 0.2) is 9.84 Å². The monoisotopic (exact) mass is 381 g/mol. The van der Waals surface area contributed by atoms with Crippen molar-refractivity contribution in [1.29, 1.82) is 0 Å². The average Bonchev–Trinajstić information content (AvgIpc) is 2.89. The lowest BCUT2D eigenvalue weighted by molar-refractivity contribution is -0.140. The van der Waals surface area contributed by atoms with E-state index in [1.165, 1.54) is 12.1 Å². The molecule has 1 aliphatic heterocycles. The second kappa shape index (κ2) is 6.39. The van der Waals surface area contributed by atoms with Crippen molar-refractivity contribution in [1.82, 2.24) is 4.31 Å². The fourth-order valence-electron chi connectivity index (χ4n) is 2.57. The molecule has 1 atom stereocenters. The second-order valence-electron chi connectivity index (χ2n) is 5.43. The van der Waals surface area contributed by atoms with E-state index in [1.807, 2.05) is 0 Å². The number of nitrogens with zero attached hydrogens (tertiary/aromatic N) is 1. The lowest BCUT2D eigenvalue weighted by Gasteiger charge is -2.22. The molecule has 0 amide bonds. The molecule has 1 aliphatic rings. The summed E-state index contributed by atoms with van der Waals surface area (Å²) in [5.41, 5.74) is 0.0768. The van der Waals surface area contributed by atoms with Crippen LogP contribution < -0.4 is 0 Å². The maximum Gasteiger partial charge on any atom is 0.322 e. The van der Waals surface area contributed by atoms with Gasteiger partial charge in [-0.15, -0.1) is 0 Å². The SMILES string of the molecule is CS(=O)(=O)Cc1ccc(Cl)cc1S(=O)(=O)N1CCC[C@H]1C(=O)O. The minimum absolute atomic E-state index is 0.0735. The first-order valence-electron chi connectivity index (χ1n) is 6.73. The van der Waals surface area contributed by atoms with Gasteiger partial charge in [-0.1, -0.05) is 17.7 Å². The number of rotatable bonds is 5. The van der Waals surface area contributed by atoms with Gasteiger partial charge in [-0.05, 0) is 30.5 Å². The Kier molecular flexibility index (Phi) is 5.05. The topological polar surface area (TPSA) is 109 Å². The predicted octanol–water partition coefficient (Wildman–Crippen LogP) is 1.12. The molecule has 2 rings (SSSR count). The smallest absolute Gasteiger partial charge is 0.322 e. The minimum Gasteiger partial charge on any atom is -0.480 e. The first-order chi connectivity index (χ1) is 10.5. The molecule has 0 aromatic heterocycles. The molecule has 1 fully saturated rings. The van der Waals surface area contributed by atoms with E-state index < -0.39 is 37.6 Å². The number of benzene rings is 1. The molecule has 1 aromatic carbocycles.